The van der Waals surface area contributed by atoms with E-state index in [9.17, 15) is 5.11 Å². The summed E-state index contributed by atoms with van der Waals surface area (Å²) in [6.07, 6.45) is 0.760. The van der Waals surface area contributed by atoms with Gasteiger partial charge < -0.3 is 14.7 Å². The molecule has 0 bridgehead atoms. The molecule has 2 rings (SSSR count). The molecule has 1 heterocycles. The molecule has 2 atom stereocenters. The molecule has 22 heavy (non-hydrogen) atoms. The maximum Gasteiger partial charge on any atom is 0.120 e. The van der Waals surface area contributed by atoms with Gasteiger partial charge in [0.05, 0.1) is 12.7 Å². The number of hydrogen-bond acceptors (Lipinski definition) is 4. The predicted molar refractivity (Wildman–Crippen MR) is 90.7 cm³/mol. The molecule has 0 spiro atoms. The lowest BCUT2D eigenvalue weighted by molar-refractivity contribution is 0.0435. The first-order valence-corrected chi connectivity index (χ1v) is 8.45. The van der Waals surface area contributed by atoms with Crippen molar-refractivity contribution in [3.05, 3.63) is 29.3 Å². The van der Waals surface area contributed by atoms with E-state index in [1.54, 1.807) is 0 Å². The van der Waals surface area contributed by atoms with Crippen LogP contribution in [0.25, 0.3) is 0 Å². The lowest BCUT2D eigenvalue weighted by atomic mass is 10.1. The Hall–Kier alpha value is -0.810. The number of nitrogens with zero attached hydrogens (tertiary/aromatic N) is 2. The summed E-state index contributed by atoms with van der Waals surface area (Å²) >= 11 is 5.93. The molecule has 5 heteroatoms. The van der Waals surface area contributed by atoms with Gasteiger partial charge in [0.25, 0.3) is 0 Å². The van der Waals surface area contributed by atoms with Crippen molar-refractivity contribution in [2.45, 2.75) is 32.4 Å². The van der Waals surface area contributed by atoms with Crippen molar-refractivity contribution in [3.63, 3.8) is 0 Å². The van der Waals surface area contributed by atoms with Gasteiger partial charge in [-0.3, -0.25) is 4.90 Å². The Balaban J connectivity index is 1.64. The van der Waals surface area contributed by atoms with E-state index in [4.69, 9.17) is 16.3 Å². The van der Waals surface area contributed by atoms with E-state index in [1.807, 2.05) is 31.2 Å². The third-order valence-corrected chi connectivity index (χ3v) is 4.27. The van der Waals surface area contributed by atoms with Gasteiger partial charge in [-0.15, -0.1) is 0 Å². The minimum atomic E-state index is -0.250. The molecule has 1 N–H and O–H groups in total. The average molecular weight is 327 g/mol. The quantitative estimate of drug-likeness (QED) is 0.781. The molecule has 0 saturated carbocycles. The number of ether oxygens (including phenoxy) is 1. The molecule has 0 aliphatic carbocycles. The van der Waals surface area contributed by atoms with Crippen LogP contribution in [0.5, 0.6) is 5.75 Å². The molecule has 1 aromatic carbocycles. The molecular formula is C17H27ClN2O2. The van der Waals surface area contributed by atoms with E-state index in [2.05, 4.69) is 16.7 Å². The van der Waals surface area contributed by atoms with E-state index in [-0.39, 0.29) is 6.10 Å². The number of benzene rings is 1. The summed E-state index contributed by atoms with van der Waals surface area (Å²) in [4.78, 5) is 4.84. The molecule has 1 fully saturated rings. The summed E-state index contributed by atoms with van der Waals surface area (Å²) in [5, 5.41) is 10.2. The van der Waals surface area contributed by atoms with Crippen molar-refractivity contribution in [2.24, 2.45) is 0 Å². The van der Waals surface area contributed by atoms with Gasteiger partial charge in [0, 0.05) is 43.8 Å². The van der Waals surface area contributed by atoms with Crippen LogP contribution in [0.4, 0.5) is 0 Å². The third kappa shape index (κ3) is 5.76. The smallest absolute Gasteiger partial charge is 0.120 e. The normalized spacial score (nSPS) is 21.7. The predicted octanol–water partition coefficient (Wildman–Crippen LogP) is 2.50. The molecule has 1 saturated heterocycles. The largest absolute Gasteiger partial charge is 0.493 e. The zero-order valence-corrected chi connectivity index (χ0v) is 14.3. The van der Waals surface area contributed by atoms with E-state index in [0.29, 0.717) is 17.7 Å². The van der Waals surface area contributed by atoms with Crippen molar-refractivity contribution < 1.29 is 9.84 Å². The number of rotatable bonds is 7. The summed E-state index contributed by atoms with van der Waals surface area (Å²) in [7, 11) is 0. The summed E-state index contributed by atoms with van der Waals surface area (Å²) in [5.74, 6) is 0.836. The van der Waals surface area contributed by atoms with Crippen molar-refractivity contribution in [1.29, 1.82) is 0 Å². The van der Waals surface area contributed by atoms with Gasteiger partial charge in [-0.1, -0.05) is 17.7 Å². The minimum absolute atomic E-state index is 0.250. The van der Waals surface area contributed by atoms with Gasteiger partial charge in [0.15, 0.2) is 0 Å². The van der Waals surface area contributed by atoms with Crippen LogP contribution in [0.1, 0.15) is 20.3 Å². The SMILES string of the molecule is CC(O)CN1CCN(CCCOc2cccc(Cl)c2)CC1C. The number of β-amino-alcohol motifs (C(OH)–C–C–N with tert-alkyl or cyclic N) is 1. The van der Waals surface area contributed by atoms with Gasteiger partial charge in [-0.05, 0) is 38.5 Å². The van der Waals surface area contributed by atoms with E-state index >= 15 is 0 Å². The number of aliphatic hydroxyl groups excluding tert-OH is 1. The standard InChI is InChI=1S/C17H27ClN2O2/c1-14-12-19(8-9-20(14)13-15(2)21)7-4-10-22-17-6-3-5-16(18)11-17/h3,5-6,11,14-15,21H,4,7-10,12-13H2,1-2H3. The van der Waals surface area contributed by atoms with Gasteiger partial charge in [-0.25, -0.2) is 0 Å². The van der Waals surface area contributed by atoms with Gasteiger partial charge in [0.1, 0.15) is 5.75 Å². The van der Waals surface area contributed by atoms with Crippen molar-refractivity contribution in [2.75, 3.05) is 39.3 Å². The zero-order valence-electron chi connectivity index (χ0n) is 13.5. The highest BCUT2D eigenvalue weighted by atomic mass is 35.5. The van der Waals surface area contributed by atoms with Gasteiger partial charge in [0.2, 0.25) is 0 Å². The number of halogens is 1. The highest BCUT2D eigenvalue weighted by molar-refractivity contribution is 6.30. The van der Waals surface area contributed by atoms with Crippen LogP contribution in [0.2, 0.25) is 5.02 Å². The second-order valence-corrected chi connectivity index (χ2v) is 6.59. The van der Waals surface area contributed by atoms with E-state index < -0.39 is 0 Å². The maximum atomic E-state index is 9.51. The average Bonchev–Trinajstić information content (AvgIpc) is 2.46. The lowest BCUT2D eigenvalue weighted by Crippen LogP contribution is -2.53. The molecular weight excluding hydrogens is 300 g/mol. The molecule has 0 radical (unpaired) electrons. The Morgan fingerprint density at radius 3 is 2.91 bits per heavy atom. The zero-order chi connectivity index (χ0) is 15.9. The summed E-state index contributed by atoms with van der Waals surface area (Å²) in [6, 6.07) is 8.03. The first kappa shape index (κ1) is 17.5. The van der Waals surface area contributed by atoms with Gasteiger partial charge >= 0.3 is 0 Å². The molecule has 124 valence electrons. The fourth-order valence-electron chi connectivity index (χ4n) is 2.92. The van der Waals surface area contributed by atoms with Gasteiger partial charge in [-0.2, -0.15) is 0 Å². The Bertz CT molecular complexity index is 456. The minimum Gasteiger partial charge on any atom is -0.493 e. The van der Waals surface area contributed by atoms with Crippen LogP contribution < -0.4 is 4.74 Å². The maximum absolute atomic E-state index is 9.51. The Kier molecular flexibility index (Phi) is 6.96. The van der Waals surface area contributed by atoms with E-state index in [1.165, 1.54) is 0 Å². The first-order valence-electron chi connectivity index (χ1n) is 8.07. The number of piperazine rings is 1. The van der Waals surface area contributed by atoms with Crippen LogP contribution in [0.15, 0.2) is 24.3 Å². The molecule has 0 amide bonds. The Labute approximate surface area is 138 Å². The van der Waals surface area contributed by atoms with Crippen molar-refractivity contribution >= 4 is 11.6 Å². The van der Waals surface area contributed by atoms with Crippen LogP contribution in [-0.4, -0.2) is 66.4 Å². The third-order valence-electron chi connectivity index (χ3n) is 4.03. The van der Waals surface area contributed by atoms with E-state index in [0.717, 1.165) is 44.9 Å². The van der Waals surface area contributed by atoms with Crippen molar-refractivity contribution in [1.82, 2.24) is 9.80 Å². The molecule has 1 aromatic rings. The first-order chi connectivity index (χ1) is 10.5. The second kappa shape index (κ2) is 8.73. The topological polar surface area (TPSA) is 35.9 Å². The molecule has 1 aliphatic rings. The molecule has 2 unspecified atom stereocenters. The summed E-state index contributed by atoms with van der Waals surface area (Å²) < 4.78 is 5.72. The fraction of sp³-hybridized carbons (Fsp3) is 0.647. The van der Waals surface area contributed by atoms with Crippen LogP contribution in [0, 0.1) is 0 Å². The molecule has 0 aromatic heterocycles. The Morgan fingerprint density at radius 1 is 1.41 bits per heavy atom. The fourth-order valence-corrected chi connectivity index (χ4v) is 3.10. The second-order valence-electron chi connectivity index (χ2n) is 6.15. The van der Waals surface area contributed by atoms with Crippen LogP contribution >= 0.6 is 11.6 Å². The number of aliphatic hydroxyl groups is 1. The molecule has 4 nitrogen and oxygen atoms in total. The highest BCUT2D eigenvalue weighted by Gasteiger charge is 2.23. The summed E-state index contributed by atoms with van der Waals surface area (Å²) in [5.41, 5.74) is 0. The van der Waals surface area contributed by atoms with Crippen LogP contribution in [0.3, 0.4) is 0 Å². The number of hydrogen-bond donors (Lipinski definition) is 1. The lowest BCUT2D eigenvalue weighted by Gasteiger charge is -2.40. The highest BCUT2D eigenvalue weighted by Crippen LogP contribution is 2.17. The Morgan fingerprint density at radius 2 is 2.23 bits per heavy atom. The summed E-state index contributed by atoms with van der Waals surface area (Å²) in [6.45, 7) is 9.77. The van der Waals surface area contributed by atoms with Crippen molar-refractivity contribution in [3.8, 4) is 5.75 Å². The monoisotopic (exact) mass is 326 g/mol. The molecule has 1 aliphatic heterocycles. The van der Waals surface area contributed by atoms with Crippen LogP contribution in [-0.2, 0) is 0 Å².